The molecule has 0 aromatic heterocycles. The van der Waals surface area contributed by atoms with E-state index in [1.54, 1.807) is 0 Å². The number of rotatable bonds is 6. The van der Waals surface area contributed by atoms with E-state index in [1.807, 2.05) is 0 Å². The minimum absolute atomic E-state index is 0.00271. The van der Waals surface area contributed by atoms with Crippen LogP contribution in [0, 0.1) is 33.8 Å². The highest BCUT2D eigenvalue weighted by molar-refractivity contribution is 9.12. The van der Waals surface area contributed by atoms with Crippen LogP contribution in [0.25, 0.3) is 0 Å². The van der Waals surface area contributed by atoms with E-state index >= 15 is 0 Å². The van der Waals surface area contributed by atoms with Crippen LogP contribution in [0.4, 0.5) is 5.69 Å². The number of carbonyl (C=O) groups is 4. The first-order chi connectivity index (χ1) is 17.1. The maximum absolute atomic E-state index is 13.6. The van der Waals surface area contributed by atoms with E-state index < -0.39 is 46.8 Å². The third kappa shape index (κ3) is 3.97. The van der Waals surface area contributed by atoms with Gasteiger partial charge in [-0.2, -0.15) is 5.01 Å². The number of hydrazine groups is 1. The molecule has 3 fully saturated rings. The van der Waals surface area contributed by atoms with Gasteiger partial charge in [-0.15, -0.1) is 0 Å². The average molecular weight is 640 g/mol. The van der Waals surface area contributed by atoms with Crippen LogP contribution in [-0.4, -0.2) is 54.6 Å². The number of fused-ring (bicyclic) bond motifs is 5. The molecule has 0 N–H and O–H groups in total. The summed E-state index contributed by atoms with van der Waals surface area (Å²) in [5.74, 6) is -3.85. The lowest BCUT2D eigenvalue weighted by Crippen LogP contribution is -2.52. The zero-order valence-corrected chi connectivity index (χ0v) is 22.4. The second-order valence-corrected chi connectivity index (χ2v) is 11.6. The SMILES string of the molecule is O=C(CN(C(=O)c1cccc([N+](=O)[O-])c1)N1C(=O)[C@@H]2[C@H]3C[C@@H]([C@H](Br)[C@@H]3Br)[C@@H]2C1=O)c1ccc(Cl)cc1. The number of halogens is 3. The van der Waals surface area contributed by atoms with Crippen molar-refractivity contribution in [3.8, 4) is 0 Å². The largest absolute Gasteiger partial charge is 0.292 e. The second kappa shape index (κ2) is 9.35. The van der Waals surface area contributed by atoms with Crippen LogP contribution < -0.4 is 0 Å². The molecule has 3 aliphatic rings. The lowest BCUT2D eigenvalue weighted by Gasteiger charge is -2.30. The number of nitro benzene ring substituents is 1. The third-order valence-electron chi connectivity index (χ3n) is 7.20. The van der Waals surface area contributed by atoms with Crippen molar-refractivity contribution in [2.75, 3.05) is 6.54 Å². The second-order valence-electron chi connectivity index (χ2n) is 9.09. The first-order valence-corrected chi connectivity index (χ1v) is 13.3. The fourth-order valence-corrected chi connectivity index (χ4v) is 7.57. The number of imide groups is 1. The molecule has 2 bridgehead atoms. The first kappa shape index (κ1) is 25.0. The summed E-state index contributed by atoms with van der Waals surface area (Å²) in [5.41, 5.74) is -0.217. The highest BCUT2D eigenvalue weighted by Crippen LogP contribution is 2.60. The molecule has 12 heteroatoms. The van der Waals surface area contributed by atoms with E-state index in [0.717, 1.165) is 16.1 Å². The molecule has 0 spiro atoms. The fraction of sp³-hybridized carbons (Fsp3) is 0.333. The van der Waals surface area contributed by atoms with Crippen molar-refractivity contribution in [2.24, 2.45) is 23.7 Å². The third-order valence-corrected chi connectivity index (χ3v) is 10.7. The topological polar surface area (TPSA) is 118 Å². The fourth-order valence-electron chi connectivity index (χ4n) is 5.57. The van der Waals surface area contributed by atoms with Gasteiger partial charge in [-0.3, -0.25) is 29.3 Å². The highest BCUT2D eigenvalue weighted by Gasteiger charge is 2.67. The molecule has 6 atom stereocenters. The number of carbonyl (C=O) groups excluding carboxylic acids is 4. The van der Waals surface area contributed by atoms with Gasteiger partial charge in [0.25, 0.3) is 23.4 Å². The van der Waals surface area contributed by atoms with E-state index in [2.05, 4.69) is 31.9 Å². The zero-order valence-electron chi connectivity index (χ0n) is 18.4. The van der Waals surface area contributed by atoms with Crippen LogP contribution in [0.1, 0.15) is 27.1 Å². The Bertz CT molecular complexity index is 1270. The van der Waals surface area contributed by atoms with Crippen molar-refractivity contribution in [1.29, 1.82) is 0 Å². The quantitative estimate of drug-likeness (QED) is 0.153. The number of hydrogen-bond acceptors (Lipinski definition) is 6. The van der Waals surface area contributed by atoms with Crippen LogP contribution in [0.15, 0.2) is 48.5 Å². The van der Waals surface area contributed by atoms with Gasteiger partial charge in [0.05, 0.1) is 16.8 Å². The summed E-state index contributed by atoms with van der Waals surface area (Å²) >= 11 is 13.2. The summed E-state index contributed by atoms with van der Waals surface area (Å²) in [7, 11) is 0. The maximum Gasteiger partial charge on any atom is 0.273 e. The summed E-state index contributed by atoms with van der Waals surface area (Å²) in [4.78, 5) is 64.5. The summed E-state index contributed by atoms with van der Waals surface area (Å²) < 4.78 is 0. The number of nitro groups is 1. The summed E-state index contributed by atoms with van der Waals surface area (Å²) in [6.07, 6.45) is 0.703. The van der Waals surface area contributed by atoms with Gasteiger partial charge in [-0.1, -0.05) is 49.5 Å². The average Bonchev–Trinajstić information content (AvgIpc) is 3.47. The van der Waals surface area contributed by atoms with Crippen molar-refractivity contribution in [1.82, 2.24) is 10.0 Å². The van der Waals surface area contributed by atoms with Crippen molar-refractivity contribution in [3.63, 3.8) is 0 Å². The molecule has 1 aliphatic heterocycles. The van der Waals surface area contributed by atoms with E-state index in [1.165, 1.54) is 42.5 Å². The number of amides is 3. The first-order valence-electron chi connectivity index (χ1n) is 11.1. The standard InChI is InChI=1S/C24H18Br2ClN3O6/c25-20-15-9-16(21(20)26)19-18(15)23(33)29(24(19)34)28(10-17(31)11-4-6-13(27)7-5-11)22(32)12-2-1-3-14(8-12)30(35)36/h1-8,15-16,18-21H,9-10H2/t15-,16-,18-,19+,20-,21+/m1/s1. The van der Waals surface area contributed by atoms with E-state index in [0.29, 0.717) is 11.4 Å². The molecular formula is C24H18Br2ClN3O6. The van der Waals surface area contributed by atoms with Gasteiger partial charge >= 0.3 is 0 Å². The number of benzene rings is 2. The molecule has 0 radical (unpaired) electrons. The molecule has 1 saturated heterocycles. The van der Waals surface area contributed by atoms with Gasteiger partial charge in [0, 0.05) is 37.9 Å². The predicted molar refractivity (Wildman–Crippen MR) is 136 cm³/mol. The lowest BCUT2D eigenvalue weighted by molar-refractivity contribution is -0.384. The van der Waals surface area contributed by atoms with Gasteiger partial charge < -0.3 is 0 Å². The van der Waals surface area contributed by atoms with Gasteiger partial charge in [-0.05, 0) is 48.6 Å². The minimum Gasteiger partial charge on any atom is -0.292 e. The Hall–Kier alpha value is -2.63. The Labute approximate surface area is 227 Å². The number of ketones is 1. The van der Waals surface area contributed by atoms with E-state index in [4.69, 9.17) is 11.6 Å². The summed E-state index contributed by atoms with van der Waals surface area (Å²) in [6.45, 7) is -0.606. The molecule has 3 amide bonds. The van der Waals surface area contributed by atoms with Crippen molar-refractivity contribution >= 4 is 72.7 Å². The number of non-ortho nitro benzene ring substituents is 1. The molecule has 1 heterocycles. The number of Topliss-reactive ketones (excluding diaryl/α,β-unsaturated/α-hetero) is 1. The van der Waals surface area contributed by atoms with Crippen LogP contribution in [0.3, 0.4) is 0 Å². The smallest absolute Gasteiger partial charge is 0.273 e. The Morgan fingerprint density at radius 1 is 1.00 bits per heavy atom. The van der Waals surface area contributed by atoms with Crippen molar-refractivity contribution in [2.45, 2.75) is 16.1 Å². The Kier molecular flexibility index (Phi) is 6.50. The van der Waals surface area contributed by atoms with Gasteiger partial charge in [0.2, 0.25) is 0 Å². The summed E-state index contributed by atoms with van der Waals surface area (Å²) in [5, 5.41) is 13.3. The normalized spacial score (nSPS) is 28.4. The minimum atomic E-state index is -0.860. The Morgan fingerprint density at radius 3 is 2.14 bits per heavy atom. The predicted octanol–water partition coefficient (Wildman–Crippen LogP) is 4.27. The molecule has 9 nitrogen and oxygen atoms in total. The van der Waals surface area contributed by atoms with Crippen molar-refractivity contribution in [3.05, 3.63) is 74.8 Å². The molecule has 2 aromatic rings. The Morgan fingerprint density at radius 2 is 1.58 bits per heavy atom. The molecule has 186 valence electrons. The van der Waals surface area contributed by atoms with Crippen LogP contribution in [0.2, 0.25) is 5.02 Å². The Balaban J connectivity index is 1.52. The summed E-state index contributed by atoms with van der Waals surface area (Å²) in [6, 6.07) is 10.9. The number of alkyl halides is 2. The number of hydrogen-bond donors (Lipinski definition) is 0. The molecule has 2 aliphatic carbocycles. The zero-order chi connectivity index (χ0) is 25.9. The van der Waals surface area contributed by atoms with Gasteiger partial charge in [0.1, 0.15) is 6.54 Å². The van der Waals surface area contributed by atoms with E-state index in [9.17, 15) is 29.3 Å². The van der Waals surface area contributed by atoms with Gasteiger partial charge in [-0.25, -0.2) is 5.01 Å². The number of nitrogens with zero attached hydrogens (tertiary/aromatic N) is 3. The molecule has 5 rings (SSSR count). The molecule has 36 heavy (non-hydrogen) atoms. The van der Waals surface area contributed by atoms with Gasteiger partial charge in [0.15, 0.2) is 5.78 Å². The molecule has 2 saturated carbocycles. The van der Waals surface area contributed by atoms with Crippen molar-refractivity contribution < 1.29 is 24.1 Å². The molecule has 2 aromatic carbocycles. The lowest BCUT2D eigenvalue weighted by atomic mass is 9.81. The highest BCUT2D eigenvalue weighted by atomic mass is 79.9. The van der Waals surface area contributed by atoms with Crippen LogP contribution >= 0.6 is 43.5 Å². The van der Waals surface area contributed by atoms with Crippen LogP contribution in [0.5, 0.6) is 0 Å². The monoisotopic (exact) mass is 637 g/mol. The molecular weight excluding hydrogens is 622 g/mol. The van der Waals surface area contributed by atoms with E-state index in [-0.39, 0.29) is 38.3 Å². The van der Waals surface area contributed by atoms with Crippen LogP contribution in [-0.2, 0) is 9.59 Å². The maximum atomic E-state index is 13.6. The molecule has 0 unspecified atom stereocenters.